The van der Waals surface area contributed by atoms with Crippen LogP contribution in [0.1, 0.15) is 69.3 Å². The molecule has 0 unspecified atom stereocenters. The molecular formula is C25H39FN6O3. The molecule has 0 radical (unpaired) electrons. The van der Waals surface area contributed by atoms with E-state index in [4.69, 9.17) is 0 Å². The third-order valence-electron chi connectivity index (χ3n) is 8.06. The molecule has 4 rings (SSSR count). The van der Waals surface area contributed by atoms with E-state index < -0.39 is 11.7 Å². The van der Waals surface area contributed by atoms with Gasteiger partial charge >= 0.3 is 0 Å². The number of rotatable bonds is 9. The molecule has 10 heteroatoms. The van der Waals surface area contributed by atoms with Crippen LogP contribution in [0.2, 0.25) is 0 Å². The Labute approximate surface area is 207 Å². The highest BCUT2D eigenvalue weighted by Crippen LogP contribution is 2.34. The number of fused-ring (bicyclic) bond motifs is 1. The Balaban J connectivity index is 1.48. The smallest absolute Gasteiger partial charge is 0.233 e. The molecule has 0 spiro atoms. The van der Waals surface area contributed by atoms with Crippen molar-refractivity contribution in [3.63, 3.8) is 0 Å². The van der Waals surface area contributed by atoms with Crippen LogP contribution in [0.5, 0.6) is 0 Å². The highest BCUT2D eigenvalue weighted by molar-refractivity contribution is 5.79. The molecule has 2 saturated carbocycles. The molecule has 3 atom stereocenters. The summed E-state index contributed by atoms with van der Waals surface area (Å²) in [5, 5.41) is 13.0. The number of carbonyl (C=O) groups excluding carboxylic acids is 2. The third-order valence-corrected chi connectivity index (χ3v) is 8.06. The Hall–Kier alpha value is -2.33. The number of piperazine rings is 1. The van der Waals surface area contributed by atoms with Crippen molar-refractivity contribution in [2.45, 2.75) is 83.3 Å². The van der Waals surface area contributed by atoms with E-state index in [1.807, 2.05) is 0 Å². The van der Waals surface area contributed by atoms with Crippen molar-refractivity contribution in [3.8, 4) is 0 Å². The van der Waals surface area contributed by atoms with Gasteiger partial charge in [0.2, 0.25) is 12.3 Å². The Morgan fingerprint density at radius 1 is 1.17 bits per heavy atom. The molecule has 1 saturated heterocycles. The lowest BCUT2D eigenvalue weighted by atomic mass is 9.86. The molecule has 1 aromatic rings. The number of anilines is 1. The van der Waals surface area contributed by atoms with Gasteiger partial charge in [-0.05, 0) is 39.2 Å². The summed E-state index contributed by atoms with van der Waals surface area (Å²) in [6, 6.07) is 0.620. The molecule has 2 amide bonds. The fourth-order valence-electron chi connectivity index (χ4n) is 6.23. The van der Waals surface area contributed by atoms with Crippen LogP contribution in [-0.4, -0.2) is 76.2 Å². The van der Waals surface area contributed by atoms with Crippen molar-refractivity contribution in [3.05, 3.63) is 17.3 Å². The molecule has 2 aliphatic carbocycles. The van der Waals surface area contributed by atoms with Crippen molar-refractivity contribution < 1.29 is 19.2 Å². The Morgan fingerprint density at radius 3 is 2.57 bits per heavy atom. The molecule has 9 nitrogen and oxygen atoms in total. The van der Waals surface area contributed by atoms with Crippen LogP contribution < -0.4 is 10.2 Å². The number of hydrogen-bond acceptors (Lipinski definition) is 7. The summed E-state index contributed by atoms with van der Waals surface area (Å²) in [5.41, 5.74) is 0.169. The minimum absolute atomic E-state index is 0.0590. The number of aryl methyl sites for hydroxylation is 1. The number of hydrogen-bond donors (Lipinski definition) is 2. The van der Waals surface area contributed by atoms with Crippen LogP contribution in [0.15, 0.2) is 0 Å². The van der Waals surface area contributed by atoms with Gasteiger partial charge in [-0.15, -0.1) is 0 Å². The van der Waals surface area contributed by atoms with Gasteiger partial charge in [-0.2, -0.15) is 0 Å². The lowest BCUT2D eigenvalue weighted by Gasteiger charge is -2.49. The predicted molar refractivity (Wildman–Crippen MR) is 129 cm³/mol. The average molecular weight is 491 g/mol. The molecule has 3 fully saturated rings. The van der Waals surface area contributed by atoms with Crippen LogP contribution in [0, 0.1) is 24.6 Å². The predicted octanol–water partition coefficient (Wildman–Crippen LogP) is 2.65. The van der Waals surface area contributed by atoms with E-state index in [-0.39, 0.29) is 30.7 Å². The highest BCUT2D eigenvalue weighted by Gasteiger charge is 2.38. The molecule has 0 bridgehead atoms. The Morgan fingerprint density at radius 2 is 1.86 bits per heavy atom. The number of hydroxylamine groups is 2. The standard InChI is InChI=1S/C25H39FN6O3/c1-17-28-20(14-27-25(34)19(15-31(35)16-33)13-18-7-3-4-8-18)23(26)24(29-17)32-12-11-30(2)21-9-5-6-10-22(21)32/h16,18-19,21-22,35H,3-15H2,1-2H3,(H,27,34)/t19-,21+,22-/m1/s1. The van der Waals surface area contributed by atoms with E-state index in [1.54, 1.807) is 6.92 Å². The summed E-state index contributed by atoms with van der Waals surface area (Å²) in [5.74, 6) is -0.134. The van der Waals surface area contributed by atoms with Crippen LogP contribution in [0.25, 0.3) is 0 Å². The third kappa shape index (κ3) is 6.09. The van der Waals surface area contributed by atoms with E-state index in [0.29, 0.717) is 48.0 Å². The van der Waals surface area contributed by atoms with E-state index >= 15 is 4.39 Å². The summed E-state index contributed by atoms with van der Waals surface area (Å²) in [7, 11) is 2.14. The largest absolute Gasteiger partial charge is 0.350 e. The van der Waals surface area contributed by atoms with Crippen LogP contribution in [0.3, 0.4) is 0 Å². The van der Waals surface area contributed by atoms with Crippen LogP contribution >= 0.6 is 0 Å². The second-order valence-electron chi connectivity index (χ2n) is 10.5. The van der Waals surface area contributed by atoms with Gasteiger partial charge in [0.1, 0.15) is 11.5 Å². The monoisotopic (exact) mass is 490 g/mol. The zero-order chi connectivity index (χ0) is 24.9. The van der Waals surface area contributed by atoms with Gasteiger partial charge in [-0.1, -0.05) is 38.5 Å². The molecular weight excluding hydrogens is 451 g/mol. The topological polar surface area (TPSA) is 102 Å². The molecule has 35 heavy (non-hydrogen) atoms. The molecule has 3 aliphatic rings. The number of aromatic nitrogens is 2. The molecule has 194 valence electrons. The second-order valence-corrected chi connectivity index (χ2v) is 10.5. The maximum absolute atomic E-state index is 15.7. The Bertz CT molecular complexity index is 896. The van der Waals surface area contributed by atoms with E-state index in [9.17, 15) is 14.8 Å². The molecule has 2 N–H and O–H groups in total. The zero-order valence-electron chi connectivity index (χ0n) is 21.0. The van der Waals surface area contributed by atoms with Gasteiger partial charge < -0.3 is 10.2 Å². The van der Waals surface area contributed by atoms with Gasteiger partial charge in [-0.3, -0.25) is 19.7 Å². The number of nitrogens with zero attached hydrogens (tertiary/aromatic N) is 5. The minimum Gasteiger partial charge on any atom is -0.350 e. The van der Waals surface area contributed by atoms with Gasteiger partial charge in [0.25, 0.3) is 0 Å². The van der Waals surface area contributed by atoms with Crippen molar-refractivity contribution in [1.82, 2.24) is 25.2 Å². The average Bonchev–Trinajstić information content (AvgIpc) is 3.37. The van der Waals surface area contributed by atoms with Crippen molar-refractivity contribution in [2.75, 3.05) is 31.6 Å². The first-order valence-electron chi connectivity index (χ1n) is 13.1. The van der Waals surface area contributed by atoms with Crippen LogP contribution in [0.4, 0.5) is 10.2 Å². The molecule has 2 heterocycles. The van der Waals surface area contributed by atoms with Gasteiger partial charge in [0, 0.05) is 25.2 Å². The van der Waals surface area contributed by atoms with Gasteiger partial charge in [0.15, 0.2) is 11.6 Å². The number of likely N-dealkylation sites (N-methyl/N-ethyl adjacent to an activating group) is 1. The lowest BCUT2D eigenvalue weighted by Crippen LogP contribution is -2.60. The van der Waals surface area contributed by atoms with E-state index in [0.717, 1.165) is 51.5 Å². The SMILES string of the molecule is Cc1nc(CNC(=O)[C@H](CC2CCCC2)CN(O)C=O)c(F)c(N2CCN(C)[C@H]3CCCC[C@H]32)n1. The number of carbonyl (C=O) groups is 2. The summed E-state index contributed by atoms with van der Waals surface area (Å²) in [4.78, 5) is 37.2. The normalized spacial score (nSPS) is 24.2. The van der Waals surface area contributed by atoms with Crippen molar-refractivity contribution in [2.24, 2.45) is 11.8 Å². The number of amides is 2. The van der Waals surface area contributed by atoms with Crippen LogP contribution in [-0.2, 0) is 16.1 Å². The van der Waals surface area contributed by atoms with Crippen molar-refractivity contribution in [1.29, 1.82) is 0 Å². The number of nitrogens with one attached hydrogen (secondary N) is 1. The number of halogens is 1. The molecule has 1 aliphatic heterocycles. The first kappa shape index (κ1) is 25.8. The van der Waals surface area contributed by atoms with Gasteiger partial charge in [-0.25, -0.2) is 19.4 Å². The molecule has 1 aromatic heterocycles. The van der Waals surface area contributed by atoms with E-state index in [2.05, 4.69) is 32.1 Å². The first-order chi connectivity index (χ1) is 16.9. The first-order valence-corrected chi connectivity index (χ1v) is 13.1. The summed E-state index contributed by atoms with van der Waals surface area (Å²) < 4.78 is 15.7. The summed E-state index contributed by atoms with van der Waals surface area (Å²) >= 11 is 0. The fraction of sp³-hybridized carbons (Fsp3) is 0.760. The zero-order valence-corrected chi connectivity index (χ0v) is 21.0. The summed E-state index contributed by atoms with van der Waals surface area (Å²) in [6.45, 7) is 3.17. The maximum atomic E-state index is 15.7. The maximum Gasteiger partial charge on any atom is 0.233 e. The summed E-state index contributed by atoms with van der Waals surface area (Å²) in [6.07, 6.45) is 9.72. The van der Waals surface area contributed by atoms with E-state index in [1.165, 1.54) is 6.42 Å². The fourth-order valence-corrected chi connectivity index (χ4v) is 6.23. The highest BCUT2D eigenvalue weighted by atomic mass is 19.1. The van der Waals surface area contributed by atoms with Gasteiger partial charge in [0.05, 0.1) is 19.0 Å². The molecule has 0 aromatic carbocycles. The van der Waals surface area contributed by atoms with Crippen molar-refractivity contribution >= 4 is 18.1 Å². The Kier molecular flexibility index (Phi) is 8.54. The second kappa shape index (κ2) is 11.6. The quantitative estimate of drug-likeness (QED) is 0.312. The lowest BCUT2D eigenvalue weighted by molar-refractivity contribution is -0.155. The minimum atomic E-state index is -0.556.